The molecular weight excluding hydrogens is 628 g/mol. The van der Waals surface area contributed by atoms with Crippen LogP contribution in [0, 0.1) is 0 Å². The molecule has 3 aromatic carbocycles. The summed E-state index contributed by atoms with van der Waals surface area (Å²) in [4.78, 5) is 12.0. The van der Waals surface area contributed by atoms with Crippen LogP contribution in [0.15, 0.2) is 84.9 Å². The number of hydrogen-bond acceptors (Lipinski definition) is 8. The van der Waals surface area contributed by atoms with Crippen LogP contribution in [0.5, 0.6) is 0 Å². The average molecular weight is 679 g/mol. The van der Waals surface area contributed by atoms with Crippen molar-refractivity contribution in [1.82, 2.24) is 0 Å². The van der Waals surface area contributed by atoms with Crippen LogP contribution in [0.4, 0.5) is 0 Å². The van der Waals surface area contributed by atoms with Crippen LogP contribution in [0.2, 0.25) is 16.6 Å². The van der Waals surface area contributed by atoms with Crippen LogP contribution in [0.1, 0.15) is 74.9 Å². The number of ether oxygens (including phenoxy) is 6. The first-order chi connectivity index (χ1) is 23.1. The second-order valence-corrected chi connectivity index (χ2v) is 18.9. The van der Waals surface area contributed by atoms with Gasteiger partial charge in [-0.2, -0.15) is 0 Å². The Morgan fingerprint density at radius 1 is 0.771 bits per heavy atom. The Balaban J connectivity index is 1.46. The summed E-state index contributed by atoms with van der Waals surface area (Å²) in [6.45, 7) is 14.0. The van der Waals surface area contributed by atoms with E-state index in [1.165, 1.54) is 0 Å². The standard InChI is InChI=1S/C38H50O9Si/c1-25(2)48(26(3)4,27(5)6)45-24-44-34-33-32(23-43-37(47-33)29-17-11-8-12-18-29)46-38(35(34)41-21-28-15-9-7-10-16-28)42-22-30-19-13-14-20-31(30)36(39)40/h7-20,25-27,32-35,37-38H,21-24H2,1-6H3,(H,39,40)/t32-,33-,34+,35+,37-,38+/m1/s1. The van der Waals surface area contributed by atoms with Gasteiger partial charge < -0.3 is 38.0 Å². The number of hydrogen-bond donors (Lipinski definition) is 1. The number of carbonyl (C=O) groups is 1. The lowest BCUT2D eigenvalue weighted by Gasteiger charge is -2.49. The lowest BCUT2D eigenvalue weighted by molar-refractivity contribution is -0.376. The predicted octanol–water partition coefficient (Wildman–Crippen LogP) is 7.86. The van der Waals surface area contributed by atoms with Crippen molar-refractivity contribution in [1.29, 1.82) is 0 Å². The maximum Gasteiger partial charge on any atom is 0.336 e. The summed E-state index contributed by atoms with van der Waals surface area (Å²) in [5, 5.41) is 9.78. The summed E-state index contributed by atoms with van der Waals surface area (Å²) in [6, 6.07) is 26.4. The third kappa shape index (κ3) is 8.26. The van der Waals surface area contributed by atoms with Gasteiger partial charge in [0.25, 0.3) is 0 Å². The molecule has 10 heteroatoms. The third-order valence-electron chi connectivity index (χ3n) is 9.57. The quantitative estimate of drug-likeness (QED) is 0.127. The molecule has 2 saturated heterocycles. The minimum atomic E-state index is -2.26. The number of aromatic carboxylic acids is 1. The molecule has 2 aliphatic rings. The molecule has 0 spiro atoms. The maximum absolute atomic E-state index is 12.0. The molecule has 3 aromatic rings. The van der Waals surface area contributed by atoms with Crippen molar-refractivity contribution in [3.05, 3.63) is 107 Å². The Kier molecular flexibility index (Phi) is 12.6. The van der Waals surface area contributed by atoms with Crippen molar-refractivity contribution >= 4 is 14.3 Å². The van der Waals surface area contributed by atoms with Crippen LogP contribution in [-0.2, 0) is 46.1 Å². The molecule has 0 amide bonds. The van der Waals surface area contributed by atoms with Crippen molar-refractivity contribution < 1.29 is 42.7 Å². The van der Waals surface area contributed by atoms with E-state index < -0.39 is 51.3 Å². The SMILES string of the molecule is CC(C)[Si](OCO[C@@H]1[C@H](OCc2ccccc2)[C@@H](OCc2ccccc2C(=O)O)O[C@@H]2CO[C@@H](c3ccccc3)O[C@@H]12)(C(C)C)C(C)C. The molecule has 0 bridgehead atoms. The van der Waals surface area contributed by atoms with Crippen LogP contribution in [0.3, 0.4) is 0 Å². The summed E-state index contributed by atoms with van der Waals surface area (Å²) in [5.74, 6) is -1.02. The number of rotatable bonds is 15. The fourth-order valence-corrected chi connectivity index (χ4v) is 12.6. The van der Waals surface area contributed by atoms with E-state index in [-0.39, 0.29) is 32.2 Å². The van der Waals surface area contributed by atoms with Gasteiger partial charge in [0.1, 0.15) is 31.2 Å². The van der Waals surface area contributed by atoms with Gasteiger partial charge in [0.15, 0.2) is 12.6 Å². The number of benzene rings is 3. The topological polar surface area (TPSA) is 102 Å². The molecule has 260 valence electrons. The van der Waals surface area contributed by atoms with Crippen molar-refractivity contribution in [2.75, 3.05) is 13.4 Å². The van der Waals surface area contributed by atoms with Gasteiger partial charge in [0, 0.05) is 5.56 Å². The van der Waals surface area contributed by atoms with E-state index in [0.717, 1.165) is 11.1 Å². The monoisotopic (exact) mass is 678 g/mol. The van der Waals surface area contributed by atoms with Crippen LogP contribution < -0.4 is 0 Å². The molecule has 1 N–H and O–H groups in total. The molecule has 0 aromatic heterocycles. The van der Waals surface area contributed by atoms with Crippen molar-refractivity contribution in [3.63, 3.8) is 0 Å². The van der Waals surface area contributed by atoms with E-state index >= 15 is 0 Å². The van der Waals surface area contributed by atoms with Gasteiger partial charge in [-0.15, -0.1) is 0 Å². The number of carboxylic acid groups (broad SMARTS) is 1. The van der Waals surface area contributed by atoms with E-state index in [1.54, 1.807) is 24.3 Å². The molecule has 2 fully saturated rings. The lowest BCUT2D eigenvalue weighted by Crippen LogP contribution is -2.64. The summed E-state index contributed by atoms with van der Waals surface area (Å²) >= 11 is 0. The molecule has 0 unspecified atom stereocenters. The Morgan fingerprint density at radius 2 is 1.40 bits per heavy atom. The van der Waals surface area contributed by atoms with E-state index in [9.17, 15) is 9.90 Å². The fourth-order valence-electron chi connectivity index (χ4n) is 7.33. The van der Waals surface area contributed by atoms with Crippen molar-refractivity contribution in [2.24, 2.45) is 0 Å². The summed E-state index contributed by atoms with van der Waals surface area (Å²) in [6.07, 6.45) is -4.02. The Labute approximate surface area is 285 Å². The van der Waals surface area contributed by atoms with Gasteiger partial charge in [0.05, 0.1) is 25.4 Å². The minimum absolute atomic E-state index is 0.00261. The van der Waals surface area contributed by atoms with E-state index in [0.29, 0.717) is 22.2 Å². The molecule has 0 aliphatic carbocycles. The highest BCUT2D eigenvalue weighted by Crippen LogP contribution is 2.43. The average Bonchev–Trinajstić information content (AvgIpc) is 3.08. The molecule has 0 saturated carbocycles. The highest BCUT2D eigenvalue weighted by molar-refractivity contribution is 6.77. The summed E-state index contributed by atoms with van der Waals surface area (Å²) < 4.78 is 45.9. The van der Waals surface area contributed by atoms with E-state index in [4.69, 9.17) is 32.8 Å². The number of carboxylic acids is 1. The van der Waals surface area contributed by atoms with Gasteiger partial charge in [-0.3, -0.25) is 0 Å². The minimum Gasteiger partial charge on any atom is -0.478 e. The number of fused-ring (bicyclic) bond motifs is 1. The predicted molar refractivity (Wildman–Crippen MR) is 184 cm³/mol. The molecule has 2 heterocycles. The Hall–Kier alpha value is -2.93. The maximum atomic E-state index is 12.0. The highest BCUT2D eigenvalue weighted by atomic mass is 28.4. The molecule has 0 radical (unpaired) electrons. The molecule has 5 rings (SSSR count). The first-order valence-corrected chi connectivity index (χ1v) is 19.1. The van der Waals surface area contributed by atoms with Crippen LogP contribution >= 0.6 is 0 Å². The van der Waals surface area contributed by atoms with Crippen molar-refractivity contribution in [3.8, 4) is 0 Å². The van der Waals surface area contributed by atoms with E-state index in [1.807, 2.05) is 60.7 Å². The molecular formula is C38H50O9Si. The molecule has 48 heavy (non-hydrogen) atoms. The highest BCUT2D eigenvalue weighted by Gasteiger charge is 2.53. The molecule has 6 atom stereocenters. The van der Waals surface area contributed by atoms with Crippen LogP contribution in [0.25, 0.3) is 0 Å². The van der Waals surface area contributed by atoms with Gasteiger partial charge in [-0.25, -0.2) is 4.79 Å². The first-order valence-electron chi connectivity index (χ1n) is 16.9. The van der Waals surface area contributed by atoms with Gasteiger partial charge in [-0.1, -0.05) is 120 Å². The normalized spacial score (nSPS) is 24.6. The lowest BCUT2D eigenvalue weighted by atomic mass is 9.97. The zero-order valence-corrected chi connectivity index (χ0v) is 29.8. The zero-order chi connectivity index (χ0) is 34.3. The van der Waals surface area contributed by atoms with Gasteiger partial charge in [0.2, 0.25) is 8.32 Å². The fraction of sp³-hybridized carbons (Fsp3) is 0.500. The van der Waals surface area contributed by atoms with Crippen molar-refractivity contribution in [2.45, 2.75) is 108 Å². The Morgan fingerprint density at radius 3 is 2.04 bits per heavy atom. The second-order valence-electron chi connectivity index (χ2n) is 13.5. The first kappa shape index (κ1) is 36.4. The Bertz CT molecular complexity index is 1410. The zero-order valence-electron chi connectivity index (χ0n) is 28.8. The molecule has 2 aliphatic heterocycles. The third-order valence-corrected chi connectivity index (χ3v) is 15.6. The summed E-state index contributed by atoms with van der Waals surface area (Å²) in [5.41, 5.74) is 3.69. The second kappa shape index (κ2) is 16.6. The van der Waals surface area contributed by atoms with E-state index in [2.05, 4.69) is 41.5 Å². The molecule has 9 nitrogen and oxygen atoms in total. The smallest absolute Gasteiger partial charge is 0.336 e. The summed E-state index contributed by atoms with van der Waals surface area (Å²) in [7, 11) is -2.26. The van der Waals surface area contributed by atoms with Crippen LogP contribution in [-0.4, -0.2) is 63.5 Å². The van der Waals surface area contributed by atoms with Gasteiger partial charge >= 0.3 is 5.97 Å². The largest absolute Gasteiger partial charge is 0.478 e. The van der Waals surface area contributed by atoms with Gasteiger partial charge in [-0.05, 0) is 33.8 Å².